The van der Waals surface area contributed by atoms with Crippen molar-refractivity contribution in [3.8, 4) is 0 Å². The van der Waals surface area contributed by atoms with Gasteiger partial charge in [-0.3, -0.25) is 4.68 Å². The van der Waals surface area contributed by atoms with Crippen LogP contribution in [0.15, 0.2) is 30.6 Å². The first-order chi connectivity index (χ1) is 7.81. The van der Waals surface area contributed by atoms with Crippen LogP contribution in [0.3, 0.4) is 0 Å². The SMILES string of the molecule is CCn1nccc1CNCc1cccn1C.Cl. The fraction of sp³-hybridized carbons (Fsp3) is 0.417. The van der Waals surface area contributed by atoms with Gasteiger partial charge in [0.15, 0.2) is 0 Å². The molecule has 0 atom stereocenters. The first kappa shape index (κ1) is 13.8. The third-order valence-corrected chi connectivity index (χ3v) is 2.77. The largest absolute Gasteiger partial charge is 0.353 e. The van der Waals surface area contributed by atoms with Gasteiger partial charge in [0.05, 0.1) is 5.69 Å². The Morgan fingerprint density at radius 2 is 2.00 bits per heavy atom. The maximum atomic E-state index is 4.24. The van der Waals surface area contributed by atoms with Crippen LogP contribution >= 0.6 is 12.4 Å². The number of hydrogen-bond donors (Lipinski definition) is 1. The highest BCUT2D eigenvalue weighted by atomic mass is 35.5. The van der Waals surface area contributed by atoms with E-state index in [1.54, 1.807) is 0 Å². The molecule has 0 fully saturated rings. The molecule has 0 amide bonds. The number of aryl methyl sites for hydroxylation is 2. The molecular formula is C12H19ClN4. The fourth-order valence-electron chi connectivity index (χ4n) is 1.79. The molecule has 2 heterocycles. The molecule has 0 aromatic carbocycles. The molecule has 0 aliphatic rings. The van der Waals surface area contributed by atoms with E-state index in [0.29, 0.717) is 0 Å². The van der Waals surface area contributed by atoms with Gasteiger partial charge in [-0.1, -0.05) is 0 Å². The topological polar surface area (TPSA) is 34.8 Å². The lowest BCUT2D eigenvalue weighted by Crippen LogP contribution is -2.17. The Labute approximate surface area is 108 Å². The van der Waals surface area contributed by atoms with E-state index in [2.05, 4.69) is 53.3 Å². The summed E-state index contributed by atoms with van der Waals surface area (Å²) in [6.07, 6.45) is 3.91. The van der Waals surface area contributed by atoms with Crippen LogP contribution in [-0.2, 0) is 26.7 Å². The summed E-state index contributed by atoms with van der Waals surface area (Å²) in [4.78, 5) is 0. The molecule has 1 N–H and O–H groups in total. The highest BCUT2D eigenvalue weighted by Gasteiger charge is 2.01. The average molecular weight is 255 g/mol. The van der Waals surface area contributed by atoms with E-state index in [1.165, 1.54) is 11.4 Å². The van der Waals surface area contributed by atoms with Crippen molar-refractivity contribution in [2.75, 3.05) is 0 Å². The summed E-state index contributed by atoms with van der Waals surface area (Å²) in [5.41, 5.74) is 2.53. The van der Waals surface area contributed by atoms with Crippen LogP contribution < -0.4 is 5.32 Å². The van der Waals surface area contributed by atoms with Gasteiger partial charge < -0.3 is 9.88 Å². The van der Waals surface area contributed by atoms with Crippen molar-refractivity contribution in [1.29, 1.82) is 0 Å². The Kier molecular flexibility index (Phi) is 5.25. The standard InChI is InChI=1S/C12H18N4.ClH/c1-3-16-12(6-7-14-16)10-13-9-11-5-4-8-15(11)2;/h4-8,13H,3,9-10H2,1-2H3;1H. The number of halogens is 1. The monoisotopic (exact) mass is 254 g/mol. The van der Waals surface area contributed by atoms with Crippen molar-refractivity contribution < 1.29 is 0 Å². The Morgan fingerprint density at radius 1 is 1.24 bits per heavy atom. The molecule has 2 aromatic heterocycles. The molecule has 0 unspecified atom stereocenters. The fourth-order valence-corrected chi connectivity index (χ4v) is 1.79. The molecular weight excluding hydrogens is 236 g/mol. The Morgan fingerprint density at radius 3 is 2.65 bits per heavy atom. The molecule has 0 aliphatic carbocycles. The molecule has 0 saturated carbocycles. The Balaban J connectivity index is 0.00000144. The maximum Gasteiger partial charge on any atom is 0.0522 e. The van der Waals surface area contributed by atoms with Crippen LogP contribution in [0.4, 0.5) is 0 Å². The van der Waals surface area contributed by atoms with E-state index in [0.717, 1.165) is 19.6 Å². The first-order valence-corrected chi connectivity index (χ1v) is 5.63. The normalized spacial score (nSPS) is 10.2. The summed E-state index contributed by atoms with van der Waals surface area (Å²) in [6, 6.07) is 6.25. The molecule has 17 heavy (non-hydrogen) atoms. The van der Waals surface area contributed by atoms with Crippen molar-refractivity contribution in [2.45, 2.75) is 26.6 Å². The van der Waals surface area contributed by atoms with Gasteiger partial charge in [-0.2, -0.15) is 5.10 Å². The van der Waals surface area contributed by atoms with Gasteiger partial charge >= 0.3 is 0 Å². The molecule has 0 saturated heterocycles. The van der Waals surface area contributed by atoms with E-state index in [-0.39, 0.29) is 12.4 Å². The molecule has 5 heteroatoms. The number of hydrogen-bond acceptors (Lipinski definition) is 2. The number of aromatic nitrogens is 3. The average Bonchev–Trinajstić information content (AvgIpc) is 2.88. The third-order valence-electron chi connectivity index (χ3n) is 2.77. The molecule has 4 nitrogen and oxygen atoms in total. The molecule has 2 rings (SSSR count). The number of nitrogens with zero attached hydrogens (tertiary/aromatic N) is 3. The van der Waals surface area contributed by atoms with Crippen molar-refractivity contribution in [2.24, 2.45) is 7.05 Å². The second-order valence-electron chi connectivity index (χ2n) is 3.85. The zero-order valence-electron chi connectivity index (χ0n) is 10.3. The van der Waals surface area contributed by atoms with Crippen LogP contribution in [0.25, 0.3) is 0 Å². The molecule has 0 aliphatic heterocycles. The summed E-state index contributed by atoms with van der Waals surface area (Å²) < 4.78 is 4.14. The quantitative estimate of drug-likeness (QED) is 0.885. The minimum Gasteiger partial charge on any atom is -0.353 e. The van der Waals surface area contributed by atoms with E-state index >= 15 is 0 Å². The first-order valence-electron chi connectivity index (χ1n) is 5.63. The van der Waals surface area contributed by atoms with Gasteiger partial charge in [0.2, 0.25) is 0 Å². The van der Waals surface area contributed by atoms with Crippen molar-refractivity contribution in [1.82, 2.24) is 19.7 Å². The van der Waals surface area contributed by atoms with Gasteiger partial charge in [-0.25, -0.2) is 0 Å². The smallest absolute Gasteiger partial charge is 0.0522 e. The van der Waals surface area contributed by atoms with Gasteiger partial charge in [0, 0.05) is 44.8 Å². The van der Waals surface area contributed by atoms with E-state index in [9.17, 15) is 0 Å². The van der Waals surface area contributed by atoms with Gasteiger partial charge in [0.1, 0.15) is 0 Å². The van der Waals surface area contributed by atoms with Crippen LogP contribution in [0.2, 0.25) is 0 Å². The number of rotatable bonds is 5. The van der Waals surface area contributed by atoms with Crippen LogP contribution in [-0.4, -0.2) is 14.3 Å². The molecule has 0 radical (unpaired) electrons. The van der Waals surface area contributed by atoms with Crippen LogP contribution in [0.1, 0.15) is 18.3 Å². The molecule has 2 aromatic rings. The molecule has 0 bridgehead atoms. The van der Waals surface area contributed by atoms with Gasteiger partial charge in [0.25, 0.3) is 0 Å². The lowest BCUT2D eigenvalue weighted by Gasteiger charge is -2.07. The zero-order valence-corrected chi connectivity index (χ0v) is 11.1. The highest BCUT2D eigenvalue weighted by molar-refractivity contribution is 5.85. The predicted octanol–water partition coefficient (Wildman–Crippen LogP) is 1.95. The van der Waals surface area contributed by atoms with Crippen LogP contribution in [0, 0.1) is 0 Å². The predicted molar refractivity (Wildman–Crippen MR) is 71.1 cm³/mol. The Bertz CT molecular complexity index is 447. The van der Waals surface area contributed by atoms with Gasteiger partial charge in [-0.05, 0) is 25.1 Å². The van der Waals surface area contributed by atoms with E-state index in [4.69, 9.17) is 0 Å². The third kappa shape index (κ3) is 3.35. The van der Waals surface area contributed by atoms with Crippen molar-refractivity contribution in [3.63, 3.8) is 0 Å². The second-order valence-corrected chi connectivity index (χ2v) is 3.85. The minimum atomic E-state index is 0. The van der Waals surface area contributed by atoms with Gasteiger partial charge in [-0.15, -0.1) is 12.4 Å². The molecule has 94 valence electrons. The summed E-state index contributed by atoms with van der Waals surface area (Å²) in [7, 11) is 2.06. The zero-order chi connectivity index (χ0) is 11.4. The summed E-state index contributed by atoms with van der Waals surface area (Å²) in [5.74, 6) is 0. The Hall–Kier alpha value is -1.26. The molecule has 0 spiro atoms. The summed E-state index contributed by atoms with van der Waals surface area (Å²) in [5, 5.41) is 7.66. The van der Waals surface area contributed by atoms with E-state index < -0.39 is 0 Å². The lowest BCUT2D eigenvalue weighted by molar-refractivity contribution is 0.573. The highest BCUT2D eigenvalue weighted by Crippen LogP contribution is 2.01. The van der Waals surface area contributed by atoms with Crippen molar-refractivity contribution in [3.05, 3.63) is 42.0 Å². The minimum absolute atomic E-state index is 0. The number of nitrogens with one attached hydrogen (secondary N) is 1. The summed E-state index contributed by atoms with van der Waals surface area (Å²) in [6.45, 7) is 4.78. The van der Waals surface area contributed by atoms with Crippen molar-refractivity contribution >= 4 is 12.4 Å². The lowest BCUT2D eigenvalue weighted by atomic mass is 10.4. The van der Waals surface area contributed by atoms with E-state index in [1.807, 2.05) is 10.9 Å². The maximum absolute atomic E-state index is 4.24. The summed E-state index contributed by atoms with van der Waals surface area (Å²) >= 11 is 0. The second kappa shape index (κ2) is 6.47. The van der Waals surface area contributed by atoms with Crippen LogP contribution in [0.5, 0.6) is 0 Å².